The van der Waals surface area contributed by atoms with Crippen LogP contribution in [-0.4, -0.2) is 35.2 Å². The highest BCUT2D eigenvalue weighted by Gasteiger charge is 2.32. The summed E-state index contributed by atoms with van der Waals surface area (Å²) in [6.07, 6.45) is -1.78. The average Bonchev–Trinajstić information content (AvgIpc) is 3.19. The number of nitrogens with one attached hydrogen (secondary N) is 2. The van der Waals surface area contributed by atoms with Crippen molar-refractivity contribution in [2.24, 2.45) is 18.6 Å². The smallest absolute Gasteiger partial charge is 0.494 e. The molecule has 0 unspecified atom stereocenters. The third-order valence-corrected chi connectivity index (χ3v) is 6.10. The SMILES string of the molecule is COc1c(CNC(C)C)cc(OC(F)(F)F)cc1NC(=O)c1ccc(C)c(N(N)/C=C(\N)c2cnn(C)c2C)c1. The number of amides is 1. The molecule has 10 nitrogen and oxygen atoms in total. The van der Waals surface area contributed by atoms with Gasteiger partial charge in [-0.15, -0.1) is 13.2 Å². The highest BCUT2D eigenvalue weighted by atomic mass is 19.4. The van der Waals surface area contributed by atoms with E-state index in [-0.39, 0.29) is 29.6 Å². The Morgan fingerprint density at radius 2 is 1.93 bits per heavy atom. The number of alkyl halides is 3. The summed E-state index contributed by atoms with van der Waals surface area (Å²) in [4.78, 5) is 13.3. The fraction of sp³-hybridized carbons (Fsp3) is 0.333. The van der Waals surface area contributed by atoms with Gasteiger partial charge in [0.1, 0.15) is 11.5 Å². The summed E-state index contributed by atoms with van der Waals surface area (Å²) in [5.74, 6) is 5.39. The zero-order valence-corrected chi connectivity index (χ0v) is 23.2. The van der Waals surface area contributed by atoms with Gasteiger partial charge >= 0.3 is 6.36 Å². The lowest BCUT2D eigenvalue weighted by Crippen LogP contribution is -2.27. The lowest BCUT2D eigenvalue weighted by atomic mass is 10.1. The quantitative estimate of drug-likeness (QED) is 0.212. The second kappa shape index (κ2) is 12.3. The van der Waals surface area contributed by atoms with Gasteiger partial charge in [-0.25, -0.2) is 5.84 Å². The lowest BCUT2D eigenvalue weighted by molar-refractivity contribution is -0.274. The number of carbonyl (C=O) groups excluding carboxylic acids is 1. The molecule has 0 aliphatic rings. The molecule has 0 bridgehead atoms. The van der Waals surface area contributed by atoms with Crippen LogP contribution in [0.4, 0.5) is 24.5 Å². The van der Waals surface area contributed by atoms with Crippen molar-refractivity contribution in [3.8, 4) is 11.5 Å². The Morgan fingerprint density at radius 3 is 2.50 bits per heavy atom. The molecule has 0 aliphatic heterocycles. The van der Waals surface area contributed by atoms with E-state index in [1.165, 1.54) is 24.4 Å². The first-order valence-corrected chi connectivity index (χ1v) is 12.3. The van der Waals surface area contributed by atoms with E-state index in [4.69, 9.17) is 16.3 Å². The van der Waals surface area contributed by atoms with E-state index in [0.717, 1.165) is 17.3 Å². The number of hydrogen-bond acceptors (Lipinski definition) is 8. The van der Waals surface area contributed by atoms with Crippen LogP contribution in [0.1, 0.15) is 46.6 Å². The number of halogens is 3. The Bertz CT molecular complexity index is 1400. The Labute approximate surface area is 230 Å². The maximum atomic E-state index is 13.3. The number of ether oxygens (including phenoxy) is 2. The number of benzene rings is 2. The summed E-state index contributed by atoms with van der Waals surface area (Å²) in [5, 5.41) is 11.2. The summed E-state index contributed by atoms with van der Waals surface area (Å²) in [6.45, 7) is 7.64. The lowest BCUT2D eigenvalue weighted by Gasteiger charge is -2.20. The van der Waals surface area contributed by atoms with Crippen molar-refractivity contribution in [1.82, 2.24) is 15.1 Å². The monoisotopic (exact) mass is 561 g/mol. The van der Waals surface area contributed by atoms with Crippen molar-refractivity contribution < 1.29 is 27.4 Å². The van der Waals surface area contributed by atoms with Crippen molar-refractivity contribution >= 4 is 23.0 Å². The molecule has 13 heteroatoms. The highest BCUT2D eigenvalue weighted by molar-refractivity contribution is 6.06. The number of hydrogen-bond donors (Lipinski definition) is 4. The van der Waals surface area contributed by atoms with Gasteiger partial charge in [-0.1, -0.05) is 19.9 Å². The molecule has 2 aromatic carbocycles. The van der Waals surface area contributed by atoms with Gasteiger partial charge in [-0.2, -0.15) is 5.10 Å². The van der Waals surface area contributed by atoms with Crippen LogP contribution >= 0.6 is 0 Å². The van der Waals surface area contributed by atoms with Gasteiger partial charge in [0, 0.05) is 54.3 Å². The van der Waals surface area contributed by atoms with Crippen molar-refractivity contribution in [3.05, 3.63) is 70.7 Å². The van der Waals surface area contributed by atoms with Gasteiger partial charge in [0.2, 0.25) is 0 Å². The van der Waals surface area contributed by atoms with Crippen LogP contribution in [0.2, 0.25) is 0 Å². The molecule has 0 spiro atoms. The summed E-state index contributed by atoms with van der Waals surface area (Å²) in [6, 6.07) is 7.15. The number of nitrogens with two attached hydrogens (primary N) is 2. The first-order chi connectivity index (χ1) is 18.7. The van der Waals surface area contributed by atoms with Crippen LogP contribution in [0.25, 0.3) is 5.70 Å². The molecule has 0 radical (unpaired) electrons. The van der Waals surface area contributed by atoms with Crippen LogP contribution in [0.3, 0.4) is 0 Å². The molecule has 0 aliphatic carbocycles. The summed E-state index contributed by atoms with van der Waals surface area (Å²) >= 11 is 0. The number of methoxy groups -OCH3 is 1. The Balaban J connectivity index is 1.94. The van der Waals surface area contributed by atoms with E-state index in [0.29, 0.717) is 22.5 Å². The van der Waals surface area contributed by atoms with E-state index < -0.39 is 18.0 Å². The zero-order valence-electron chi connectivity index (χ0n) is 23.2. The fourth-order valence-corrected chi connectivity index (χ4v) is 3.93. The molecule has 0 fully saturated rings. The molecular weight excluding hydrogens is 527 g/mol. The van der Waals surface area contributed by atoms with Gasteiger partial charge in [0.25, 0.3) is 5.91 Å². The fourth-order valence-electron chi connectivity index (χ4n) is 3.93. The van der Waals surface area contributed by atoms with Gasteiger partial charge in [0.05, 0.1) is 30.4 Å². The van der Waals surface area contributed by atoms with Gasteiger partial charge in [-0.05, 0) is 37.6 Å². The standard InChI is InChI=1S/C27H34F3N7O3/c1-15(2)33-12-19-9-20(40-27(28,29)30)11-23(25(19)39-6)35-26(38)18-8-7-16(3)24(10-18)37(32)14-22(31)21-13-34-36(5)17(21)4/h7-11,13-15,33H,12,31-32H2,1-6H3,(H,35,38)/b22-14-. The third-order valence-electron chi connectivity index (χ3n) is 6.10. The maximum Gasteiger partial charge on any atom is 0.573 e. The summed E-state index contributed by atoms with van der Waals surface area (Å²) < 4.78 is 50.3. The van der Waals surface area contributed by atoms with Crippen LogP contribution in [0.5, 0.6) is 11.5 Å². The Hall–Kier alpha value is -4.23. The minimum Gasteiger partial charge on any atom is -0.494 e. The second-order valence-corrected chi connectivity index (χ2v) is 9.46. The molecule has 3 aromatic rings. The first-order valence-electron chi connectivity index (χ1n) is 12.3. The average molecular weight is 562 g/mol. The van der Waals surface area contributed by atoms with Crippen molar-refractivity contribution in [1.29, 1.82) is 0 Å². The molecule has 1 aromatic heterocycles. The minimum absolute atomic E-state index is 0.0118. The Kier molecular flexibility index (Phi) is 9.32. The molecule has 6 N–H and O–H groups in total. The minimum atomic E-state index is -4.92. The van der Waals surface area contributed by atoms with Crippen molar-refractivity contribution in [2.45, 2.75) is 46.6 Å². The van der Waals surface area contributed by atoms with Crippen LogP contribution in [0.15, 0.2) is 42.7 Å². The van der Waals surface area contributed by atoms with E-state index in [2.05, 4.69) is 20.5 Å². The van der Waals surface area contributed by atoms with E-state index >= 15 is 0 Å². The second-order valence-electron chi connectivity index (χ2n) is 9.46. The van der Waals surface area contributed by atoms with Gasteiger partial charge < -0.3 is 25.8 Å². The molecule has 0 saturated carbocycles. The molecule has 1 amide bonds. The summed E-state index contributed by atoms with van der Waals surface area (Å²) in [7, 11) is 3.16. The maximum absolute atomic E-state index is 13.3. The Morgan fingerprint density at radius 1 is 1.23 bits per heavy atom. The molecule has 40 heavy (non-hydrogen) atoms. The molecule has 3 rings (SSSR count). The first kappa shape index (κ1) is 30.3. The van der Waals surface area contributed by atoms with Crippen LogP contribution in [-0.2, 0) is 13.6 Å². The molecule has 0 saturated heterocycles. The van der Waals surface area contributed by atoms with Gasteiger partial charge in [0.15, 0.2) is 0 Å². The number of aromatic nitrogens is 2. The number of aryl methyl sites for hydroxylation is 2. The predicted octanol–water partition coefficient (Wildman–Crippen LogP) is 4.33. The highest BCUT2D eigenvalue weighted by Crippen LogP contribution is 2.36. The van der Waals surface area contributed by atoms with E-state index in [1.54, 1.807) is 36.1 Å². The predicted molar refractivity (Wildman–Crippen MR) is 148 cm³/mol. The molecular formula is C27H34F3N7O3. The normalized spacial score (nSPS) is 12.0. The molecule has 0 atom stereocenters. The number of anilines is 2. The molecule has 216 valence electrons. The molecule has 1 heterocycles. The van der Waals surface area contributed by atoms with Crippen LogP contribution < -0.4 is 36.7 Å². The zero-order chi connectivity index (χ0) is 29.8. The third kappa shape index (κ3) is 7.45. The van der Waals surface area contributed by atoms with E-state index in [1.807, 2.05) is 27.7 Å². The number of rotatable bonds is 10. The number of carbonyl (C=O) groups is 1. The number of nitrogens with zero attached hydrogens (tertiary/aromatic N) is 3. The summed E-state index contributed by atoms with van der Waals surface area (Å²) in [5.41, 5.74) is 10.00. The van der Waals surface area contributed by atoms with Crippen LogP contribution in [0, 0.1) is 13.8 Å². The topological polar surface area (TPSA) is 133 Å². The van der Waals surface area contributed by atoms with Crippen molar-refractivity contribution in [3.63, 3.8) is 0 Å². The largest absolute Gasteiger partial charge is 0.573 e. The van der Waals surface area contributed by atoms with Gasteiger partial charge in [-0.3, -0.25) is 14.5 Å². The van der Waals surface area contributed by atoms with E-state index in [9.17, 15) is 18.0 Å². The van der Waals surface area contributed by atoms with Crippen molar-refractivity contribution in [2.75, 3.05) is 17.4 Å². The number of hydrazine groups is 1.